The second-order valence-electron chi connectivity index (χ2n) is 7.22. The molecule has 5 nitrogen and oxygen atoms in total. The van der Waals surface area contributed by atoms with Gasteiger partial charge in [-0.2, -0.15) is 5.26 Å². The van der Waals surface area contributed by atoms with Crippen molar-refractivity contribution in [1.82, 2.24) is 5.32 Å². The average Bonchev–Trinajstić information content (AvgIpc) is 2.84. The number of carbonyl (C=O) groups excluding carboxylic acids is 1. The fourth-order valence-electron chi connectivity index (χ4n) is 3.12. The lowest BCUT2D eigenvalue weighted by molar-refractivity contribution is -0.117. The molecule has 3 rings (SSSR count). The number of rotatable bonds is 10. The van der Waals surface area contributed by atoms with Gasteiger partial charge in [-0.25, -0.2) is 0 Å². The second kappa shape index (κ2) is 12.5. The number of nitrogens with zero attached hydrogens (tertiary/aromatic N) is 1. The van der Waals surface area contributed by atoms with E-state index in [-0.39, 0.29) is 5.57 Å². The summed E-state index contributed by atoms with van der Waals surface area (Å²) in [6.07, 6.45) is 2.25. The minimum atomic E-state index is -0.401. The number of benzene rings is 3. The molecule has 0 bridgehead atoms. The number of ether oxygens (including phenoxy) is 2. The summed E-state index contributed by atoms with van der Waals surface area (Å²) in [5.41, 5.74) is 2.88. The molecule has 0 heterocycles. The van der Waals surface area contributed by atoms with Crippen LogP contribution in [-0.2, 0) is 17.8 Å². The van der Waals surface area contributed by atoms with Crippen molar-refractivity contribution in [2.45, 2.75) is 20.0 Å². The first-order valence-corrected chi connectivity index (χ1v) is 11.5. The van der Waals surface area contributed by atoms with E-state index in [0.29, 0.717) is 43.2 Å². The standard InChI is InChI=1S/C27H25BrN2O3/c1-2-32-26-17-22(10-13-25(26)33-19-21-8-11-24(28)12-9-21)16-23(18-29)27(31)30-15-14-20-6-4-3-5-7-20/h3-13,16-17H,2,14-15,19H2,1H3,(H,30,31)/b23-16+. The van der Waals surface area contributed by atoms with Crippen molar-refractivity contribution in [3.05, 3.63) is 99.5 Å². The number of amides is 1. The van der Waals surface area contributed by atoms with Crippen LogP contribution in [0.15, 0.2) is 82.8 Å². The fourth-order valence-corrected chi connectivity index (χ4v) is 3.38. The summed E-state index contributed by atoms with van der Waals surface area (Å²) in [7, 11) is 0. The summed E-state index contributed by atoms with van der Waals surface area (Å²) in [6, 6.07) is 25.1. The quantitative estimate of drug-likeness (QED) is 0.284. The zero-order valence-electron chi connectivity index (χ0n) is 18.4. The van der Waals surface area contributed by atoms with Gasteiger partial charge < -0.3 is 14.8 Å². The third-order valence-corrected chi connectivity index (χ3v) is 5.32. The number of hydrogen-bond donors (Lipinski definition) is 1. The Bertz CT molecular complexity index is 1140. The first-order chi connectivity index (χ1) is 16.1. The van der Waals surface area contributed by atoms with Crippen molar-refractivity contribution in [3.63, 3.8) is 0 Å². The highest BCUT2D eigenvalue weighted by molar-refractivity contribution is 9.10. The lowest BCUT2D eigenvalue weighted by atomic mass is 10.1. The smallest absolute Gasteiger partial charge is 0.261 e. The van der Waals surface area contributed by atoms with Crippen molar-refractivity contribution in [3.8, 4) is 17.6 Å². The molecule has 0 aliphatic heterocycles. The van der Waals surface area contributed by atoms with E-state index in [1.165, 1.54) is 0 Å². The predicted molar refractivity (Wildman–Crippen MR) is 133 cm³/mol. The van der Waals surface area contributed by atoms with Crippen molar-refractivity contribution in [1.29, 1.82) is 5.26 Å². The third kappa shape index (κ3) is 7.51. The maximum Gasteiger partial charge on any atom is 0.261 e. The topological polar surface area (TPSA) is 71.3 Å². The van der Waals surface area contributed by atoms with E-state index in [9.17, 15) is 10.1 Å². The fraction of sp³-hybridized carbons (Fsp3) is 0.185. The van der Waals surface area contributed by atoms with Crippen LogP contribution in [0, 0.1) is 11.3 Å². The monoisotopic (exact) mass is 504 g/mol. The largest absolute Gasteiger partial charge is 0.490 e. The van der Waals surface area contributed by atoms with E-state index < -0.39 is 5.91 Å². The molecule has 0 fully saturated rings. The van der Waals surface area contributed by atoms with E-state index in [1.807, 2.05) is 67.6 Å². The van der Waals surface area contributed by atoms with Gasteiger partial charge in [0.15, 0.2) is 11.5 Å². The van der Waals surface area contributed by atoms with Gasteiger partial charge in [0.1, 0.15) is 18.2 Å². The highest BCUT2D eigenvalue weighted by Gasteiger charge is 2.11. The molecular weight excluding hydrogens is 480 g/mol. The Morgan fingerprint density at radius 3 is 2.45 bits per heavy atom. The van der Waals surface area contributed by atoms with Gasteiger partial charge >= 0.3 is 0 Å². The minimum Gasteiger partial charge on any atom is -0.490 e. The van der Waals surface area contributed by atoms with Gasteiger partial charge in [-0.15, -0.1) is 0 Å². The zero-order chi connectivity index (χ0) is 23.5. The van der Waals surface area contributed by atoms with Crippen molar-refractivity contribution in [2.75, 3.05) is 13.2 Å². The maximum absolute atomic E-state index is 12.5. The second-order valence-corrected chi connectivity index (χ2v) is 8.13. The van der Waals surface area contributed by atoms with Crippen LogP contribution in [0.2, 0.25) is 0 Å². The lowest BCUT2D eigenvalue weighted by Gasteiger charge is -2.13. The van der Waals surface area contributed by atoms with Crippen LogP contribution in [0.5, 0.6) is 11.5 Å². The molecule has 0 aliphatic carbocycles. The molecule has 0 aromatic heterocycles. The molecule has 6 heteroatoms. The predicted octanol–water partition coefficient (Wildman–Crippen LogP) is 5.69. The van der Waals surface area contributed by atoms with Crippen LogP contribution in [0.1, 0.15) is 23.6 Å². The van der Waals surface area contributed by atoms with Gasteiger partial charge in [0, 0.05) is 11.0 Å². The Balaban J connectivity index is 1.67. The normalized spacial score (nSPS) is 10.9. The van der Waals surface area contributed by atoms with Gasteiger partial charge in [-0.1, -0.05) is 64.5 Å². The van der Waals surface area contributed by atoms with E-state index >= 15 is 0 Å². The molecule has 3 aromatic rings. The Morgan fingerprint density at radius 1 is 1.00 bits per heavy atom. The number of carbonyl (C=O) groups is 1. The molecule has 0 aliphatic rings. The Morgan fingerprint density at radius 2 is 1.76 bits per heavy atom. The van der Waals surface area contributed by atoms with E-state index in [4.69, 9.17) is 9.47 Å². The summed E-state index contributed by atoms with van der Waals surface area (Å²) in [6.45, 7) is 3.21. The summed E-state index contributed by atoms with van der Waals surface area (Å²) in [5.74, 6) is 0.759. The van der Waals surface area contributed by atoms with E-state index in [0.717, 1.165) is 15.6 Å². The van der Waals surface area contributed by atoms with Crippen LogP contribution < -0.4 is 14.8 Å². The van der Waals surface area contributed by atoms with Gasteiger partial charge in [-0.3, -0.25) is 4.79 Å². The molecule has 0 saturated heterocycles. The molecule has 0 atom stereocenters. The number of halogens is 1. The molecule has 33 heavy (non-hydrogen) atoms. The van der Waals surface area contributed by atoms with Crippen LogP contribution in [0.3, 0.4) is 0 Å². The molecule has 0 radical (unpaired) electrons. The van der Waals surface area contributed by atoms with Crippen molar-refractivity contribution in [2.24, 2.45) is 0 Å². The highest BCUT2D eigenvalue weighted by atomic mass is 79.9. The molecule has 168 valence electrons. The molecule has 1 N–H and O–H groups in total. The van der Waals surface area contributed by atoms with Gasteiger partial charge in [-0.05, 0) is 60.4 Å². The van der Waals surface area contributed by atoms with Crippen molar-refractivity contribution >= 4 is 27.9 Å². The van der Waals surface area contributed by atoms with Gasteiger partial charge in [0.25, 0.3) is 5.91 Å². The van der Waals surface area contributed by atoms with Crippen molar-refractivity contribution < 1.29 is 14.3 Å². The van der Waals surface area contributed by atoms with Crippen LogP contribution in [0.25, 0.3) is 6.08 Å². The minimum absolute atomic E-state index is 0.0361. The highest BCUT2D eigenvalue weighted by Crippen LogP contribution is 2.30. The van der Waals surface area contributed by atoms with Crippen LogP contribution in [0.4, 0.5) is 0 Å². The first kappa shape index (κ1) is 24.1. The summed E-state index contributed by atoms with van der Waals surface area (Å²) >= 11 is 3.42. The summed E-state index contributed by atoms with van der Waals surface area (Å²) in [5, 5.41) is 12.3. The molecular formula is C27H25BrN2O3. The molecule has 1 amide bonds. The van der Waals surface area contributed by atoms with E-state index in [1.54, 1.807) is 24.3 Å². The molecule has 0 unspecified atom stereocenters. The Labute approximate surface area is 202 Å². The molecule has 3 aromatic carbocycles. The van der Waals surface area contributed by atoms with Crippen LogP contribution >= 0.6 is 15.9 Å². The van der Waals surface area contributed by atoms with Crippen LogP contribution in [-0.4, -0.2) is 19.1 Å². The van der Waals surface area contributed by atoms with Gasteiger partial charge in [0.2, 0.25) is 0 Å². The third-order valence-electron chi connectivity index (χ3n) is 4.79. The Hall–Kier alpha value is -3.56. The molecule has 0 spiro atoms. The number of hydrogen-bond acceptors (Lipinski definition) is 4. The first-order valence-electron chi connectivity index (χ1n) is 10.7. The summed E-state index contributed by atoms with van der Waals surface area (Å²) < 4.78 is 12.7. The van der Waals surface area contributed by atoms with Gasteiger partial charge in [0.05, 0.1) is 6.61 Å². The van der Waals surface area contributed by atoms with E-state index in [2.05, 4.69) is 21.2 Å². The summed E-state index contributed by atoms with van der Waals surface area (Å²) in [4.78, 5) is 12.5. The number of nitriles is 1. The SMILES string of the molecule is CCOc1cc(/C=C(\C#N)C(=O)NCCc2ccccc2)ccc1OCc1ccc(Br)cc1. The average molecular weight is 505 g/mol. The number of nitrogens with one attached hydrogen (secondary N) is 1. The lowest BCUT2D eigenvalue weighted by Crippen LogP contribution is -2.26. The molecule has 0 saturated carbocycles. The Kier molecular flexibility index (Phi) is 9.10. The zero-order valence-corrected chi connectivity index (χ0v) is 20.0. The maximum atomic E-state index is 12.5.